The maximum Gasteiger partial charge on any atom is 0.330 e. The van der Waals surface area contributed by atoms with Gasteiger partial charge >= 0.3 is 5.97 Å². The monoisotopic (exact) mass is 380 g/mol. The highest BCUT2D eigenvalue weighted by atomic mass is 79.9. The molecule has 0 aromatic heterocycles. The zero-order valence-electron chi connectivity index (χ0n) is 11.9. The van der Waals surface area contributed by atoms with Crippen LogP contribution < -0.4 is 4.74 Å². The van der Waals surface area contributed by atoms with Crippen molar-refractivity contribution in [3.63, 3.8) is 0 Å². The second-order valence-corrected chi connectivity index (χ2v) is 5.74. The van der Waals surface area contributed by atoms with Crippen molar-refractivity contribution in [1.82, 2.24) is 0 Å². The highest BCUT2D eigenvalue weighted by Crippen LogP contribution is 2.26. The van der Waals surface area contributed by atoms with Crippen LogP contribution in [0.3, 0.4) is 0 Å². The molecule has 22 heavy (non-hydrogen) atoms. The average Bonchev–Trinajstić information content (AvgIpc) is 2.53. The summed E-state index contributed by atoms with van der Waals surface area (Å²) >= 11 is 9.52. The van der Waals surface area contributed by atoms with Crippen LogP contribution in [0.5, 0.6) is 5.75 Å². The van der Waals surface area contributed by atoms with Crippen LogP contribution in [0.25, 0.3) is 6.08 Å². The van der Waals surface area contributed by atoms with E-state index in [0.717, 1.165) is 15.6 Å². The number of ether oxygens (including phenoxy) is 2. The molecule has 2 aromatic rings. The van der Waals surface area contributed by atoms with Gasteiger partial charge in [-0.2, -0.15) is 0 Å². The first-order valence-electron chi connectivity index (χ1n) is 6.52. The molecule has 0 fully saturated rings. The number of halogens is 2. The molecule has 0 aliphatic rings. The van der Waals surface area contributed by atoms with E-state index in [4.69, 9.17) is 16.3 Å². The second-order valence-electron chi connectivity index (χ2n) is 4.42. The molecule has 2 rings (SSSR count). The maximum absolute atomic E-state index is 11.2. The van der Waals surface area contributed by atoms with Crippen LogP contribution in [0, 0.1) is 0 Å². The Bertz CT molecular complexity index is 698. The van der Waals surface area contributed by atoms with Crippen molar-refractivity contribution >= 4 is 39.6 Å². The zero-order valence-corrected chi connectivity index (χ0v) is 14.2. The molecule has 0 N–H and O–H groups in total. The summed E-state index contributed by atoms with van der Waals surface area (Å²) in [5.41, 5.74) is 1.67. The third-order valence-corrected chi connectivity index (χ3v) is 3.77. The van der Waals surface area contributed by atoms with E-state index in [1.807, 2.05) is 42.5 Å². The van der Waals surface area contributed by atoms with Crippen LogP contribution in [0.2, 0.25) is 5.02 Å². The first kappa shape index (κ1) is 16.6. The molecule has 0 saturated heterocycles. The Hall–Kier alpha value is -1.78. The summed E-state index contributed by atoms with van der Waals surface area (Å²) in [6.45, 7) is 0.348. The molecule has 3 nitrogen and oxygen atoms in total. The third kappa shape index (κ3) is 4.61. The third-order valence-electron chi connectivity index (χ3n) is 2.91. The molecule has 0 aliphatic carbocycles. The Balaban J connectivity index is 2.18. The van der Waals surface area contributed by atoms with Gasteiger partial charge in [-0.15, -0.1) is 0 Å². The van der Waals surface area contributed by atoms with Crippen LogP contribution in [0.4, 0.5) is 0 Å². The summed E-state index contributed by atoms with van der Waals surface area (Å²) in [6.07, 6.45) is 3.00. The van der Waals surface area contributed by atoms with Crippen LogP contribution in [0.1, 0.15) is 11.1 Å². The van der Waals surface area contributed by atoms with Crippen molar-refractivity contribution in [3.8, 4) is 5.75 Å². The van der Waals surface area contributed by atoms with Gasteiger partial charge in [0.25, 0.3) is 0 Å². The average molecular weight is 382 g/mol. The fraction of sp³-hybridized carbons (Fsp3) is 0.118. The molecular formula is C17H14BrClO3. The molecule has 0 spiro atoms. The Kier molecular flexibility index (Phi) is 6.04. The molecule has 0 amide bonds. The second kappa shape index (κ2) is 8.01. The molecule has 0 heterocycles. The standard InChI is InChI=1S/C17H14BrClO3/c1-21-17(20)9-6-12-10-14(18)7-8-16(12)22-11-13-4-2-3-5-15(13)19/h2-10H,11H2,1H3/b9-6+. The number of methoxy groups -OCH3 is 1. The van der Waals surface area contributed by atoms with E-state index in [2.05, 4.69) is 20.7 Å². The molecule has 114 valence electrons. The van der Waals surface area contributed by atoms with Gasteiger partial charge in [-0.25, -0.2) is 4.79 Å². The summed E-state index contributed by atoms with van der Waals surface area (Å²) in [5, 5.41) is 0.659. The minimum absolute atomic E-state index is 0.348. The molecule has 2 aromatic carbocycles. The van der Waals surface area contributed by atoms with Crippen molar-refractivity contribution in [2.75, 3.05) is 7.11 Å². The lowest BCUT2D eigenvalue weighted by molar-refractivity contribution is -0.134. The summed E-state index contributed by atoms with van der Waals surface area (Å²) < 4.78 is 11.3. The summed E-state index contributed by atoms with van der Waals surface area (Å²) in [4.78, 5) is 11.2. The van der Waals surface area contributed by atoms with Gasteiger partial charge in [0, 0.05) is 26.7 Å². The van der Waals surface area contributed by atoms with Gasteiger partial charge in [-0.05, 0) is 30.3 Å². The van der Waals surface area contributed by atoms with Gasteiger partial charge in [0.05, 0.1) is 7.11 Å². The molecule has 5 heteroatoms. The lowest BCUT2D eigenvalue weighted by atomic mass is 10.2. The number of esters is 1. The van der Waals surface area contributed by atoms with Crippen molar-refractivity contribution < 1.29 is 14.3 Å². The van der Waals surface area contributed by atoms with E-state index in [9.17, 15) is 4.79 Å². The fourth-order valence-electron chi connectivity index (χ4n) is 1.78. The topological polar surface area (TPSA) is 35.5 Å². The summed E-state index contributed by atoms with van der Waals surface area (Å²) in [5.74, 6) is 0.236. The van der Waals surface area contributed by atoms with Crippen molar-refractivity contribution in [3.05, 3.63) is 69.2 Å². The zero-order chi connectivity index (χ0) is 15.9. The van der Waals surface area contributed by atoms with Gasteiger partial charge in [-0.3, -0.25) is 0 Å². The van der Waals surface area contributed by atoms with Crippen molar-refractivity contribution in [2.45, 2.75) is 6.61 Å². The Labute approximate surface area is 142 Å². The lowest BCUT2D eigenvalue weighted by Crippen LogP contribution is -1.98. The highest BCUT2D eigenvalue weighted by molar-refractivity contribution is 9.10. The van der Waals surface area contributed by atoms with E-state index in [1.165, 1.54) is 13.2 Å². The predicted octanol–water partition coefficient (Wildman–Crippen LogP) is 4.87. The summed E-state index contributed by atoms with van der Waals surface area (Å²) in [6, 6.07) is 13.1. The fourth-order valence-corrected chi connectivity index (χ4v) is 2.35. The van der Waals surface area contributed by atoms with Gasteiger partial charge < -0.3 is 9.47 Å². The minimum atomic E-state index is -0.419. The van der Waals surface area contributed by atoms with Crippen molar-refractivity contribution in [1.29, 1.82) is 0 Å². The number of carbonyl (C=O) groups excluding carboxylic acids is 1. The number of carbonyl (C=O) groups is 1. The molecule has 0 unspecified atom stereocenters. The quantitative estimate of drug-likeness (QED) is 0.547. The van der Waals surface area contributed by atoms with E-state index in [0.29, 0.717) is 17.4 Å². The van der Waals surface area contributed by atoms with Gasteiger partial charge in [0.2, 0.25) is 0 Å². The number of rotatable bonds is 5. The SMILES string of the molecule is COC(=O)/C=C/c1cc(Br)ccc1OCc1ccccc1Cl. The smallest absolute Gasteiger partial charge is 0.330 e. The van der Waals surface area contributed by atoms with E-state index in [1.54, 1.807) is 6.08 Å². The first-order valence-corrected chi connectivity index (χ1v) is 7.69. The van der Waals surface area contributed by atoms with E-state index in [-0.39, 0.29) is 0 Å². The van der Waals surface area contributed by atoms with Gasteiger partial charge in [0.1, 0.15) is 12.4 Å². The van der Waals surface area contributed by atoms with Crippen LogP contribution in [-0.2, 0) is 16.1 Å². The van der Waals surface area contributed by atoms with Crippen LogP contribution in [0.15, 0.2) is 53.0 Å². The van der Waals surface area contributed by atoms with Gasteiger partial charge in [0.15, 0.2) is 0 Å². The predicted molar refractivity (Wildman–Crippen MR) is 91.0 cm³/mol. The molecule has 0 bridgehead atoms. The van der Waals surface area contributed by atoms with Crippen LogP contribution in [-0.4, -0.2) is 13.1 Å². The summed E-state index contributed by atoms with van der Waals surface area (Å²) in [7, 11) is 1.34. The Morgan fingerprint density at radius 1 is 1.27 bits per heavy atom. The van der Waals surface area contributed by atoms with Gasteiger partial charge in [-0.1, -0.05) is 45.7 Å². The molecule has 0 radical (unpaired) electrons. The highest BCUT2D eigenvalue weighted by Gasteiger charge is 2.05. The number of hydrogen-bond donors (Lipinski definition) is 0. The lowest BCUT2D eigenvalue weighted by Gasteiger charge is -2.11. The Morgan fingerprint density at radius 2 is 2.05 bits per heavy atom. The number of hydrogen-bond acceptors (Lipinski definition) is 3. The molecular weight excluding hydrogens is 368 g/mol. The molecule has 0 aliphatic heterocycles. The normalized spacial score (nSPS) is 10.7. The first-order chi connectivity index (χ1) is 10.6. The van der Waals surface area contributed by atoms with E-state index < -0.39 is 5.97 Å². The Morgan fingerprint density at radius 3 is 2.77 bits per heavy atom. The largest absolute Gasteiger partial charge is 0.488 e. The maximum atomic E-state index is 11.2. The van der Waals surface area contributed by atoms with Crippen LogP contribution >= 0.6 is 27.5 Å². The van der Waals surface area contributed by atoms with Crippen molar-refractivity contribution in [2.24, 2.45) is 0 Å². The van der Waals surface area contributed by atoms with E-state index >= 15 is 0 Å². The minimum Gasteiger partial charge on any atom is -0.488 e. The molecule has 0 saturated carbocycles. The molecule has 0 atom stereocenters. The number of benzene rings is 2.